The van der Waals surface area contributed by atoms with Gasteiger partial charge in [0.05, 0.1) is 5.52 Å². The van der Waals surface area contributed by atoms with E-state index in [1.54, 1.807) is 0 Å². The zero-order valence-corrected chi connectivity index (χ0v) is 9.75. The summed E-state index contributed by atoms with van der Waals surface area (Å²) in [6.07, 6.45) is 0. The third-order valence-electron chi connectivity index (χ3n) is 2.36. The number of rotatable bonds is 1. The Balaban J connectivity index is 2.71. The molecule has 2 rings (SSSR count). The molecule has 0 aliphatic rings. The van der Waals surface area contributed by atoms with Crippen molar-refractivity contribution in [2.45, 2.75) is 13.0 Å². The number of nitrogens with zero attached hydrogens (tertiary/aromatic N) is 2. The minimum absolute atomic E-state index is 0.0616. The highest BCUT2D eigenvalue weighted by atomic mass is 79.9. The van der Waals surface area contributed by atoms with Crippen molar-refractivity contribution < 1.29 is 0 Å². The molecule has 2 aromatic rings. The second kappa shape index (κ2) is 3.37. The van der Waals surface area contributed by atoms with E-state index in [1.807, 2.05) is 30.8 Å². The third-order valence-corrected chi connectivity index (χ3v) is 2.94. The van der Waals surface area contributed by atoms with Crippen LogP contribution in [0.2, 0.25) is 0 Å². The molecule has 0 saturated carbocycles. The molecule has 0 amide bonds. The molecule has 74 valence electrons. The summed E-state index contributed by atoms with van der Waals surface area (Å²) in [4.78, 5) is 0. The first-order valence-corrected chi connectivity index (χ1v) is 5.26. The van der Waals surface area contributed by atoms with Gasteiger partial charge < -0.3 is 5.73 Å². The van der Waals surface area contributed by atoms with Crippen molar-refractivity contribution in [3.8, 4) is 0 Å². The maximum atomic E-state index is 5.82. The Labute approximate surface area is 91.0 Å². The zero-order valence-electron chi connectivity index (χ0n) is 8.16. The first kappa shape index (κ1) is 9.68. The fraction of sp³-hybridized carbons (Fsp3) is 0.300. The van der Waals surface area contributed by atoms with E-state index in [1.165, 1.54) is 0 Å². The number of nitrogens with two attached hydrogens (primary N) is 1. The molecule has 1 atom stereocenters. The summed E-state index contributed by atoms with van der Waals surface area (Å²) in [5.41, 5.74) is 8.06. The highest BCUT2D eigenvalue weighted by Gasteiger charge is 2.07. The van der Waals surface area contributed by atoms with Gasteiger partial charge in [0, 0.05) is 18.5 Å². The SMILES string of the molecule is CC(N)c1ccc2c(c1)c(Br)nn2C. The van der Waals surface area contributed by atoms with Gasteiger partial charge in [0.15, 0.2) is 0 Å². The summed E-state index contributed by atoms with van der Waals surface area (Å²) < 4.78 is 2.72. The van der Waals surface area contributed by atoms with E-state index in [-0.39, 0.29) is 6.04 Å². The summed E-state index contributed by atoms with van der Waals surface area (Å²) in [7, 11) is 1.93. The van der Waals surface area contributed by atoms with E-state index < -0.39 is 0 Å². The van der Waals surface area contributed by atoms with E-state index in [0.717, 1.165) is 21.1 Å². The molecule has 0 spiro atoms. The van der Waals surface area contributed by atoms with Gasteiger partial charge in [-0.15, -0.1) is 0 Å². The van der Waals surface area contributed by atoms with Gasteiger partial charge in [-0.25, -0.2) is 0 Å². The van der Waals surface area contributed by atoms with Crippen molar-refractivity contribution >= 4 is 26.8 Å². The molecule has 1 heterocycles. The monoisotopic (exact) mass is 253 g/mol. The van der Waals surface area contributed by atoms with E-state index in [4.69, 9.17) is 5.73 Å². The van der Waals surface area contributed by atoms with Crippen LogP contribution in [0.25, 0.3) is 10.9 Å². The topological polar surface area (TPSA) is 43.8 Å². The molecule has 0 radical (unpaired) electrons. The molecular formula is C10H12BrN3. The average molecular weight is 254 g/mol. The number of benzene rings is 1. The summed E-state index contributed by atoms with van der Waals surface area (Å²) in [5, 5.41) is 5.40. The Morgan fingerprint density at radius 3 is 2.86 bits per heavy atom. The van der Waals surface area contributed by atoms with Crippen molar-refractivity contribution in [3.63, 3.8) is 0 Å². The molecule has 4 heteroatoms. The van der Waals surface area contributed by atoms with Crippen LogP contribution in [0.4, 0.5) is 0 Å². The van der Waals surface area contributed by atoms with E-state index >= 15 is 0 Å². The molecule has 2 N–H and O–H groups in total. The van der Waals surface area contributed by atoms with Crippen LogP contribution in [0, 0.1) is 0 Å². The van der Waals surface area contributed by atoms with Gasteiger partial charge >= 0.3 is 0 Å². The standard InChI is InChI=1S/C10H12BrN3/c1-6(12)7-3-4-9-8(5-7)10(11)13-14(9)2/h3-6H,12H2,1-2H3. The Kier molecular flexibility index (Phi) is 2.33. The first-order chi connectivity index (χ1) is 6.59. The summed E-state index contributed by atoms with van der Waals surface area (Å²) in [5.74, 6) is 0. The molecule has 3 nitrogen and oxygen atoms in total. The van der Waals surface area contributed by atoms with Gasteiger partial charge in [-0.3, -0.25) is 4.68 Å². The van der Waals surface area contributed by atoms with Gasteiger partial charge in [0.25, 0.3) is 0 Å². The van der Waals surface area contributed by atoms with Crippen LogP contribution in [0.5, 0.6) is 0 Å². The summed E-state index contributed by atoms with van der Waals surface area (Å²) in [6.45, 7) is 1.98. The van der Waals surface area contributed by atoms with Crippen LogP contribution in [0.15, 0.2) is 22.8 Å². The molecule has 0 fully saturated rings. The van der Waals surface area contributed by atoms with Gasteiger partial charge in [0.1, 0.15) is 4.60 Å². The number of hydrogen-bond acceptors (Lipinski definition) is 2. The summed E-state index contributed by atoms with van der Waals surface area (Å²) in [6, 6.07) is 6.23. The molecule has 1 aromatic carbocycles. The zero-order chi connectivity index (χ0) is 10.3. The lowest BCUT2D eigenvalue weighted by Crippen LogP contribution is -2.04. The Hall–Kier alpha value is -0.870. The minimum atomic E-state index is 0.0616. The average Bonchev–Trinajstić information content (AvgIpc) is 2.42. The molecule has 0 aliphatic heterocycles. The smallest absolute Gasteiger partial charge is 0.135 e. The van der Waals surface area contributed by atoms with Crippen molar-refractivity contribution in [3.05, 3.63) is 28.4 Å². The van der Waals surface area contributed by atoms with Crippen molar-refractivity contribution in [1.82, 2.24) is 9.78 Å². The molecule has 0 saturated heterocycles. The number of fused-ring (bicyclic) bond motifs is 1. The molecule has 0 bridgehead atoms. The lowest BCUT2D eigenvalue weighted by molar-refractivity contribution is 0.787. The predicted octanol–water partition coefficient (Wildman–Crippen LogP) is 2.36. The molecular weight excluding hydrogens is 242 g/mol. The van der Waals surface area contributed by atoms with E-state index in [0.29, 0.717) is 0 Å². The number of aryl methyl sites for hydroxylation is 1. The van der Waals surface area contributed by atoms with Crippen LogP contribution < -0.4 is 5.73 Å². The van der Waals surface area contributed by atoms with Gasteiger partial charge in [-0.2, -0.15) is 5.10 Å². The number of halogens is 1. The van der Waals surface area contributed by atoms with E-state index in [9.17, 15) is 0 Å². The van der Waals surface area contributed by atoms with Crippen LogP contribution >= 0.6 is 15.9 Å². The fourth-order valence-electron chi connectivity index (χ4n) is 1.52. The molecule has 1 aromatic heterocycles. The fourth-order valence-corrected chi connectivity index (χ4v) is 2.08. The molecule has 14 heavy (non-hydrogen) atoms. The largest absolute Gasteiger partial charge is 0.324 e. The quantitative estimate of drug-likeness (QED) is 0.848. The van der Waals surface area contributed by atoms with Crippen molar-refractivity contribution in [2.75, 3.05) is 0 Å². The molecule has 1 unspecified atom stereocenters. The lowest BCUT2D eigenvalue weighted by atomic mass is 10.1. The predicted molar refractivity (Wildman–Crippen MR) is 61.0 cm³/mol. The Morgan fingerprint density at radius 1 is 1.50 bits per heavy atom. The highest BCUT2D eigenvalue weighted by Crippen LogP contribution is 2.25. The second-order valence-corrected chi connectivity index (χ2v) is 4.23. The van der Waals surface area contributed by atoms with Gasteiger partial charge in [-0.05, 0) is 40.5 Å². The minimum Gasteiger partial charge on any atom is -0.324 e. The van der Waals surface area contributed by atoms with E-state index in [2.05, 4.69) is 27.1 Å². The maximum Gasteiger partial charge on any atom is 0.135 e. The van der Waals surface area contributed by atoms with Gasteiger partial charge in [0.2, 0.25) is 0 Å². The number of hydrogen-bond donors (Lipinski definition) is 1. The second-order valence-electron chi connectivity index (χ2n) is 3.48. The lowest BCUT2D eigenvalue weighted by Gasteiger charge is -2.04. The normalized spacial score (nSPS) is 13.4. The van der Waals surface area contributed by atoms with Crippen LogP contribution in [0.1, 0.15) is 18.5 Å². The Morgan fingerprint density at radius 2 is 2.21 bits per heavy atom. The van der Waals surface area contributed by atoms with Crippen molar-refractivity contribution in [2.24, 2.45) is 12.8 Å². The third kappa shape index (κ3) is 1.44. The van der Waals surface area contributed by atoms with Crippen molar-refractivity contribution in [1.29, 1.82) is 0 Å². The van der Waals surface area contributed by atoms with Gasteiger partial charge in [-0.1, -0.05) is 6.07 Å². The first-order valence-electron chi connectivity index (χ1n) is 4.47. The summed E-state index contributed by atoms with van der Waals surface area (Å²) >= 11 is 3.43. The van der Waals surface area contributed by atoms with Crippen LogP contribution in [0.3, 0.4) is 0 Å². The number of aromatic nitrogens is 2. The van der Waals surface area contributed by atoms with Crippen LogP contribution in [-0.4, -0.2) is 9.78 Å². The Bertz CT molecular complexity index is 473. The molecule has 0 aliphatic carbocycles. The highest BCUT2D eigenvalue weighted by molar-refractivity contribution is 9.10. The van der Waals surface area contributed by atoms with Crippen LogP contribution in [-0.2, 0) is 7.05 Å². The maximum absolute atomic E-state index is 5.82.